The number of likely N-dealkylation sites (N-methyl/N-ethyl adjacent to an activating group) is 1. The van der Waals surface area contributed by atoms with E-state index < -0.39 is 0 Å². The zero-order valence-electron chi connectivity index (χ0n) is 16.1. The van der Waals surface area contributed by atoms with Crippen LogP contribution in [0.4, 0.5) is 0 Å². The molecular weight excluding hydrogens is 459 g/mol. The number of aliphatic imine (C=N–C) groups is 1. The quantitative estimate of drug-likeness (QED) is 0.365. The lowest BCUT2D eigenvalue weighted by molar-refractivity contribution is -0.127. The Hall–Kier alpha value is -0.960. The second kappa shape index (κ2) is 11.7. The van der Waals surface area contributed by atoms with Crippen molar-refractivity contribution in [3.63, 3.8) is 0 Å². The molecule has 0 aliphatic heterocycles. The van der Waals surface area contributed by atoms with E-state index in [0.29, 0.717) is 11.3 Å². The van der Waals surface area contributed by atoms with Crippen molar-refractivity contribution >= 4 is 47.6 Å². The molecule has 2 rings (SSSR count). The monoisotopic (exact) mass is 490 g/mol. The van der Waals surface area contributed by atoms with E-state index in [9.17, 15) is 4.79 Å². The molecule has 1 saturated carbocycles. The van der Waals surface area contributed by atoms with Gasteiger partial charge in [-0.05, 0) is 38.0 Å². The highest BCUT2D eigenvalue weighted by atomic mass is 127. The van der Waals surface area contributed by atoms with Crippen molar-refractivity contribution in [2.45, 2.75) is 43.5 Å². The minimum atomic E-state index is 0. The summed E-state index contributed by atoms with van der Waals surface area (Å²) in [5.41, 5.74) is 1.20. The Balaban J connectivity index is 0.00000338. The number of nitrogens with zero attached hydrogens (tertiary/aromatic N) is 2. The first kappa shape index (κ1) is 23.1. The third kappa shape index (κ3) is 7.34. The Kier molecular flexibility index (Phi) is 10.4. The van der Waals surface area contributed by atoms with E-state index in [1.807, 2.05) is 30.0 Å². The minimum absolute atomic E-state index is 0. The van der Waals surface area contributed by atoms with Crippen molar-refractivity contribution in [2.75, 3.05) is 26.9 Å². The topological polar surface area (TPSA) is 56.7 Å². The SMILES string of the molecule is CSC1CCC(NC(=NCC(=O)N(C)C)NC(C)c2ccccc2)C1.I. The summed E-state index contributed by atoms with van der Waals surface area (Å²) in [6.45, 7) is 2.27. The number of halogens is 1. The summed E-state index contributed by atoms with van der Waals surface area (Å²) in [6.07, 6.45) is 5.70. The van der Waals surface area contributed by atoms with Crippen molar-refractivity contribution in [3.05, 3.63) is 35.9 Å². The molecule has 0 heterocycles. The van der Waals surface area contributed by atoms with Gasteiger partial charge in [-0.2, -0.15) is 11.8 Å². The van der Waals surface area contributed by atoms with Gasteiger partial charge >= 0.3 is 0 Å². The zero-order chi connectivity index (χ0) is 18.2. The maximum absolute atomic E-state index is 11.9. The van der Waals surface area contributed by atoms with Gasteiger partial charge in [-0.25, -0.2) is 4.99 Å². The first-order valence-corrected chi connectivity index (χ1v) is 10.1. The van der Waals surface area contributed by atoms with Gasteiger partial charge in [-0.3, -0.25) is 4.79 Å². The molecule has 3 atom stereocenters. The van der Waals surface area contributed by atoms with Gasteiger partial charge in [0.1, 0.15) is 6.54 Å². The van der Waals surface area contributed by atoms with Crippen LogP contribution in [0.25, 0.3) is 0 Å². The van der Waals surface area contributed by atoms with E-state index in [-0.39, 0.29) is 42.5 Å². The van der Waals surface area contributed by atoms with Crippen molar-refractivity contribution in [1.82, 2.24) is 15.5 Å². The second-order valence-corrected chi connectivity index (χ2v) is 7.88. The molecule has 3 unspecified atom stereocenters. The first-order chi connectivity index (χ1) is 12.0. The predicted molar refractivity (Wildman–Crippen MR) is 122 cm³/mol. The fourth-order valence-corrected chi connectivity index (χ4v) is 3.73. The molecule has 1 aromatic rings. The van der Waals surface area contributed by atoms with Crippen molar-refractivity contribution < 1.29 is 4.79 Å². The molecule has 0 aromatic heterocycles. The van der Waals surface area contributed by atoms with Crippen LogP contribution in [0.2, 0.25) is 0 Å². The summed E-state index contributed by atoms with van der Waals surface area (Å²) in [5.74, 6) is 0.722. The Morgan fingerprint density at radius 3 is 2.58 bits per heavy atom. The molecule has 26 heavy (non-hydrogen) atoms. The molecule has 1 aromatic carbocycles. The van der Waals surface area contributed by atoms with E-state index in [2.05, 4.69) is 40.9 Å². The van der Waals surface area contributed by atoms with Gasteiger partial charge in [0.2, 0.25) is 5.91 Å². The molecule has 1 fully saturated rings. The highest BCUT2D eigenvalue weighted by molar-refractivity contribution is 14.0. The first-order valence-electron chi connectivity index (χ1n) is 8.85. The Morgan fingerprint density at radius 1 is 1.31 bits per heavy atom. The molecule has 0 saturated heterocycles. The summed E-state index contributed by atoms with van der Waals surface area (Å²) in [7, 11) is 3.51. The van der Waals surface area contributed by atoms with Crippen LogP contribution in [-0.4, -0.2) is 55.0 Å². The Morgan fingerprint density at radius 2 is 2.00 bits per heavy atom. The number of hydrogen-bond donors (Lipinski definition) is 2. The molecule has 7 heteroatoms. The lowest BCUT2D eigenvalue weighted by Gasteiger charge is -2.22. The zero-order valence-corrected chi connectivity index (χ0v) is 19.2. The van der Waals surface area contributed by atoms with Crippen LogP contribution < -0.4 is 10.6 Å². The van der Waals surface area contributed by atoms with E-state index in [4.69, 9.17) is 0 Å². The molecule has 2 N–H and O–H groups in total. The van der Waals surface area contributed by atoms with E-state index in [1.165, 1.54) is 12.0 Å². The number of hydrogen-bond acceptors (Lipinski definition) is 3. The van der Waals surface area contributed by atoms with Gasteiger partial charge in [0.05, 0.1) is 6.04 Å². The summed E-state index contributed by atoms with van der Waals surface area (Å²) in [5, 5.41) is 7.70. The number of carbonyl (C=O) groups excluding carboxylic acids is 1. The van der Waals surface area contributed by atoms with Crippen LogP contribution in [0.5, 0.6) is 0 Å². The van der Waals surface area contributed by atoms with E-state index in [0.717, 1.165) is 18.8 Å². The van der Waals surface area contributed by atoms with Crippen LogP contribution in [0.1, 0.15) is 37.8 Å². The highest BCUT2D eigenvalue weighted by Gasteiger charge is 2.25. The Labute approximate surface area is 178 Å². The van der Waals surface area contributed by atoms with Crippen molar-refractivity contribution in [1.29, 1.82) is 0 Å². The van der Waals surface area contributed by atoms with Gasteiger partial charge in [0.15, 0.2) is 5.96 Å². The smallest absolute Gasteiger partial charge is 0.243 e. The number of benzene rings is 1. The fourth-order valence-electron chi connectivity index (χ4n) is 2.93. The molecule has 0 radical (unpaired) electrons. The molecule has 1 aliphatic rings. The molecule has 1 amide bonds. The number of nitrogens with one attached hydrogen (secondary N) is 2. The van der Waals surface area contributed by atoms with Crippen LogP contribution in [-0.2, 0) is 4.79 Å². The minimum Gasteiger partial charge on any atom is -0.354 e. The number of carbonyl (C=O) groups is 1. The summed E-state index contributed by atoms with van der Waals surface area (Å²) in [4.78, 5) is 18.0. The average Bonchev–Trinajstić information content (AvgIpc) is 3.07. The summed E-state index contributed by atoms with van der Waals surface area (Å²) >= 11 is 1.94. The van der Waals surface area contributed by atoms with E-state index in [1.54, 1.807) is 19.0 Å². The van der Waals surface area contributed by atoms with Gasteiger partial charge in [-0.15, -0.1) is 24.0 Å². The van der Waals surface area contributed by atoms with Crippen LogP contribution in [0.15, 0.2) is 35.3 Å². The van der Waals surface area contributed by atoms with Gasteiger partial charge < -0.3 is 15.5 Å². The number of guanidine groups is 1. The maximum Gasteiger partial charge on any atom is 0.243 e. The third-order valence-electron chi connectivity index (χ3n) is 4.58. The Bertz CT molecular complexity index is 582. The number of rotatable bonds is 6. The molecule has 0 bridgehead atoms. The standard InChI is InChI=1S/C19H30N4OS.HI/c1-14(15-8-6-5-7-9-15)21-19(20-13-18(24)23(2)3)22-16-10-11-17(12-16)25-4;/h5-9,14,16-17H,10-13H2,1-4H3,(H2,20,21,22);1H. The molecule has 1 aliphatic carbocycles. The molecule has 0 spiro atoms. The van der Waals surface area contributed by atoms with Crippen LogP contribution >= 0.6 is 35.7 Å². The maximum atomic E-state index is 11.9. The largest absolute Gasteiger partial charge is 0.354 e. The van der Waals surface area contributed by atoms with Gasteiger partial charge in [0.25, 0.3) is 0 Å². The lowest BCUT2D eigenvalue weighted by Crippen LogP contribution is -2.44. The summed E-state index contributed by atoms with van der Waals surface area (Å²) in [6, 6.07) is 10.8. The van der Waals surface area contributed by atoms with Crippen LogP contribution in [0, 0.1) is 0 Å². The molecule has 146 valence electrons. The van der Waals surface area contributed by atoms with E-state index >= 15 is 0 Å². The van der Waals surface area contributed by atoms with Gasteiger partial charge in [-0.1, -0.05) is 30.3 Å². The van der Waals surface area contributed by atoms with Crippen molar-refractivity contribution in [3.8, 4) is 0 Å². The second-order valence-electron chi connectivity index (χ2n) is 6.74. The summed E-state index contributed by atoms with van der Waals surface area (Å²) < 4.78 is 0. The normalized spacial score (nSPS) is 20.8. The lowest BCUT2D eigenvalue weighted by atomic mass is 10.1. The number of amides is 1. The van der Waals surface area contributed by atoms with Gasteiger partial charge in [0, 0.05) is 25.4 Å². The average molecular weight is 490 g/mol. The number of thioether (sulfide) groups is 1. The third-order valence-corrected chi connectivity index (χ3v) is 5.68. The predicted octanol–water partition coefficient (Wildman–Crippen LogP) is 3.27. The van der Waals surface area contributed by atoms with Crippen LogP contribution in [0.3, 0.4) is 0 Å². The van der Waals surface area contributed by atoms with Crippen molar-refractivity contribution in [2.24, 2.45) is 4.99 Å². The molecular formula is C19H31IN4OS. The fraction of sp³-hybridized carbons (Fsp3) is 0.579. The molecule has 5 nitrogen and oxygen atoms in total. The highest BCUT2D eigenvalue weighted by Crippen LogP contribution is 2.28.